The van der Waals surface area contributed by atoms with Crippen LogP contribution in [0.4, 0.5) is 0 Å². The zero-order valence-electron chi connectivity index (χ0n) is 9.58. The zero-order valence-corrected chi connectivity index (χ0v) is 9.58. The molecule has 88 valence electrons. The maximum atomic E-state index is 8.37. The van der Waals surface area contributed by atoms with E-state index < -0.39 is 0 Å². The molecule has 0 bridgehead atoms. The molecule has 0 unspecified atom stereocenters. The highest BCUT2D eigenvalue weighted by Crippen LogP contribution is 2.26. The summed E-state index contributed by atoms with van der Waals surface area (Å²) in [5.74, 6) is 1.25. The van der Waals surface area contributed by atoms with Gasteiger partial charge in [0, 0.05) is 19.0 Å². The van der Waals surface area contributed by atoms with Crippen LogP contribution in [0, 0.1) is 5.92 Å². The fourth-order valence-corrected chi connectivity index (χ4v) is 2.23. The average Bonchev–Trinajstić information content (AvgIpc) is 2.29. The monoisotopic (exact) mass is 213 g/mol. The van der Waals surface area contributed by atoms with Gasteiger partial charge in [0.1, 0.15) is 5.84 Å². The molecule has 0 radical (unpaired) electrons. The molecular weight excluding hydrogens is 190 g/mol. The van der Waals surface area contributed by atoms with Crippen molar-refractivity contribution in [3.8, 4) is 0 Å². The SMILES string of the molecule is CCC1CCC(NCCC(N)=NO)CC1. The van der Waals surface area contributed by atoms with Crippen LogP contribution in [0.3, 0.4) is 0 Å². The Kier molecular flexibility index (Phi) is 5.47. The second-order valence-electron chi connectivity index (χ2n) is 4.42. The predicted octanol–water partition coefficient (Wildman–Crippen LogP) is 1.68. The van der Waals surface area contributed by atoms with Gasteiger partial charge in [-0.3, -0.25) is 0 Å². The van der Waals surface area contributed by atoms with Gasteiger partial charge in [0.25, 0.3) is 0 Å². The first-order valence-corrected chi connectivity index (χ1v) is 5.96. The summed E-state index contributed by atoms with van der Waals surface area (Å²) < 4.78 is 0. The Balaban J connectivity index is 2.08. The van der Waals surface area contributed by atoms with Crippen LogP contribution >= 0.6 is 0 Å². The Morgan fingerprint density at radius 2 is 2.07 bits per heavy atom. The number of nitrogens with one attached hydrogen (secondary N) is 1. The van der Waals surface area contributed by atoms with Gasteiger partial charge in [0.05, 0.1) is 0 Å². The topological polar surface area (TPSA) is 70.6 Å². The molecule has 0 heterocycles. The summed E-state index contributed by atoms with van der Waals surface area (Å²) in [6.07, 6.45) is 7.18. The Hall–Kier alpha value is -0.770. The summed E-state index contributed by atoms with van der Waals surface area (Å²) >= 11 is 0. The molecule has 0 spiro atoms. The Bertz CT molecular complexity index is 198. The quantitative estimate of drug-likeness (QED) is 0.282. The van der Waals surface area contributed by atoms with E-state index in [9.17, 15) is 0 Å². The van der Waals surface area contributed by atoms with Crippen LogP contribution in [-0.2, 0) is 0 Å². The first-order chi connectivity index (χ1) is 7.26. The van der Waals surface area contributed by atoms with Gasteiger partial charge in [0.15, 0.2) is 0 Å². The maximum absolute atomic E-state index is 8.37. The first-order valence-electron chi connectivity index (χ1n) is 5.96. The summed E-state index contributed by atoms with van der Waals surface area (Å²) in [6, 6.07) is 0.638. The first kappa shape index (κ1) is 12.3. The van der Waals surface area contributed by atoms with Crippen LogP contribution in [0.5, 0.6) is 0 Å². The van der Waals surface area contributed by atoms with E-state index >= 15 is 0 Å². The van der Waals surface area contributed by atoms with Gasteiger partial charge in [-0.1, -0.05) is 18.5 Å². The summed E-state index contributed by atoms with van der Waals surface area (Å²) in [6.45, 7) is 3.09. The minimum Gasteiger partial charge on any atom is -0.409 e. The Morgan fingerprint density at radius 1 is 1.40 bits per heavy atom. The number of rotatable bonds is 5. The fourth-order valence-electron chi connectivity index (χ4n) is 2.23. The number of oxime groups is 1. The molecule has 4 nitrogen and oxygen atoms in total. The number of amidine groups is 1. The fraction of sp³-hybridized carbons (Fsp3) is 0.909. The van der Waals surface area contributed by atoms with E-state index in [4.69, 9.17) is 10.9 Å². The minimum absolute atomic E-state index is 0.310. The van der Waals surface area contributed by atoms with E-state index in [-0.39, 0.29) is 0 Å². The highest BCUT2D eigenvalue weighted by atomic mass is 16.4. The van der Waals surface area contributed by atoms with Crippen LogP contribution in [-0.4, -0.2) is 23.6 Å². The number of hydrogen-bond acceptors (Lipinski definition) is 3. The molecule has 0 amide bonds. The van der Waals surface area contributed by atoms with Crippen LogP contribution in [0.15, 0.2) is 5.16 Å². The number of nitrogens with zero attached hydrogens (tertiary/aromatic N) is 1. The van der Waals surface area contributed by atoms with E-state index in [0.717, 1.165) is 12.5 Å². The molecule has 15 heavy (non-hydrogen) atoms. The van der Waals surface area contributed by atoms with Gasteiger partial charge in [-0.05, 0) is 31.6 Å². The lowest BCUT2D eigenvalue weighted by molar-refractivity contribution is 0.287. The van der Waals surface area contributed by atoms with Gasteiger partial charge in [-0.2, -0.15) is 0 Å². The molecule has 0 aliphatic heterocycles. The average molecular weight is 213 g/mol. The number of nitrogens with two attached hydrogens (primary N) is 1. The highest BCUT2D eigenvalue weighted by Gasteiger charge is 2.18. The second-order valence-corrected chi connectivity index (χ2v) is 4.42. The van der Waals surface area contributed by atoms with Crippen molar-refractivity contribution < 1.29 is 5.21 Å². The van der Waals surface area contributed by atoms with Gasteiger partial charge in [-0.25, -0.2) is 0 Å². The third-order valence-electron chi connectivity index (χ3n) is 3.37. The largest absolute Gasteiger partial charge is 0.409 e. The summed E-state index contributed by atoms with van der Waals surface area (Å²) in [4.78, 5) is 0. The van der Waals surface area contributed by atoms with E-state index in [0.29, 0.717) is 18.3 Å². The van der Waals surface area contributed by atoms with Crippen LogP contribution in [0.25, 0.3) is 0 Å². The smallest absolute Gasteiger partial charge is 0.140 e. The van der Waals surface area contributed by atoms with Crippen LogP contribution < -0.4 is 11.1 Å². The molecule has 1 fully saturated rings. The second kappa shape index (κ2) is 6.67. The third kappa shape index (κ3) is 4.51. The van der Waals surface area contributed by atoms with Gasteiger partial charge < -0.3 is 16.3 Å². The van der Waals surface area contributed by atoms with E-state index in [1.807, 2.05) is 0 Å². The molecule has 0 saturated heterocycles. The van der Waals surface area contributed by atoms with Gasteiger partial charge in [-0.15, -0.1) is 0 Å². The van der Waals surface area contributed by atoms with Crippen LogP contribution in [0.1, 0.15) is 45.4 Å². The van der Waals surface area contributed by atoms with Gasteiger partial charge >= 0.3 is 0 Å². The standard InChI is InChI=1S/C11H23N3O/c1-2-9-3-5-10(6-4-9)13-8-7-11(12)14-15/h9-10,13,15H,2-8H2,1H3,(H2,12,14). The lowest BCUT2D eigenvalue weighted by atomic mass is 9.84. The molecule has 4 heteroatoms. The van der Waals surface area contributed by atoms with Crippen molar-refractivity contribution in [1.82, 2.24) is 5.32 Å². The molecule has 1 aliphatic rings. The molecule has 0 atom stereocenters. The van der Waals surface area contributed by atoms with E-state index in [1.165, 1.54) is 32.1 Å². The van der Waals surface area contributed by atoms with Crippen molar-refractivity contribution in [1.29, 1.82) is 0 Å². The summed E-state index contributed by atoms with van der Waals surface area (Å²) in [5, 5.41) is 14.8. The van der Waals surface area contributed by atoms with E-state index in [1.54, 1.807) is 0 Å². The van der Waals surface area contributed by atoms with Crippen molar-refractivity contribution in [3.63, 3.8) is 0 Å². The van der Waals surface area contributed by atoms with Crippen molar-refractivity contribution in [2.75, 3.05) is 6.54 Å². The molecule has 0 aromatic carbocycles. The molecule has 4 N–H and O–H groups in total. The molecular formula is C11H23N3O. The minimum atomic E-state index is 0.310. The van der Waals surface area contributed by atoms with Gasteiger partial charge in [0.2, 0.25) is 0 Å². The van der Waals surface area contributed by atoms with Crippen molar-refractivity contribution in [2.24, 2.45) is 16.8 Å². The lowest BCUT2D eigenvalue weighted by Crippen LogP contribution is -2.35. The normalized spacial score (nSPS) is 27.9. The van der Waals surface area contributed by atoms with Crippen molar-refractivity contribution in [2.45, 2.75) is 51.5 Å². The zero-order chi connectivity index (χ0) is 11.1. The highest BCUT2D eigenvalue weighted by molar-refractivity contribution is 5.79. The molecule has 1 saturated carbocycles. The summed E-state index contributed by atoms with van der Waals surface area (Å²) in [5.41, 5.74) is 5.39. The predicted molar refractivity (Wildman–Crippen MR) is 62.1 cm³/mol. The van der Waals surface area contributed by atoms with Crippen molar-refractivity contribution in [3.05, 3.63) is 0 Å². The van der Waals surface area contributed by atoms with Crippen LogP contribution in [0.2, 0.25) is 0 Å². The van der Waals surface area contributed by atoms with E-state index in [2.05, 4.69) is 17.4 Å². The molecule has 1 aliphatic carbocycles. The molecule has 1 rings (SSSR count). The third-order valence-corrected chi connectivity index (χ3v) is 3.37. The summed E-state index contributed by atoms with van der Waals surface area (Å²) in [7, 11) is 0. The molecule has 0 aromatic heterocycles. The Morgan fingerprint density at radius 3 is 2.60 bits per heavy atom. The lowest BCUT2D eigenvalue weighted by Gasteiger charge is -2.28. The molecule has 0 aromatic rings. The van der Waals surface area contributed by atoms with Crippen molar-refractivity contribution >= 4 is 5.84 Å². The maximum Gasteiger partial charge on any atom is 0.140 e. The number of hydrogen-bond donors (Lipinski definition) is 3. The Labute approximate surface area is 91.9 Å².